The standard InChI is InChI=1S/C24H33N5O2S.C19H23BrN4OS.C15H17N5OS/c1-24(2,3)28-21-14-17(25-15-16-7-6-12-30-16)23-18(27-21)13-20(32-23)19-9-10-26-29(19)22-8-4-5-11-31-22;1-19(2,3)23-16-10-12(20)18-13(22-16)11-15(26-18)14-7-8-21-24(14)17-6-4-5-9-25-17;16-14-7-11(17-8-9-2-1-5-21-9)15-12(19-14)6-13(22-15)10-3-4-18-20-10/h9-10,13-14,16,22H,4-8,11-12,15H2,1-3H3,(H2,25,27,28);7-8,10-11,17H,4-6,9H2,1-3H3,(H,22,23);3-4,6-7,9H,1-2,5,8H2,(H,18,20)(H3,16,17,19)/t16-,22?;;9-/m0.0/s1. The summed E-state index contributed by atoms with van der Waals surface area (Å²) in [6, 6.07) is 18.5. The van der Waals surface area contributed by atoms with Crippen LogP contribution in [0.15, 0.2) is 77.7 Å². The molecular formula is C58H73BrN14O4S3. The normalized spacial score (nSPS) is 19.7. The van der Waals surface area contributed by atoms with E-state index in [0.29, 0.717) is 5.82 Å². The molecule has 0 aromatic carbocycles. The lowest BCUT2D eigenvalue weighted by Crippen LogP contribution is -2.26. The van der Waals surface area contributed by atoms with E-state index in [-0.39, 0.29) is 35.7 Å². The fourth-order valence-corrected chi connectivity index (χ4v) is 14.2. The predicted molar refractivity (Wildman–Crippen MR) is 330 cm³/mol. The van der Waals surface area contributed by atoms with Crippen LogP contribution in [0, 0.1) is 0 Å². The highest BCUT2D eigenvalue weighted by Crippen LogP contribution is 2.42. The maximum absolute atomic E-state index is 6.01. The second-order valence-electron chi connectivity index (χ2n) is 22.8. The smallest absolute Gasteiger partial charge is 0.150 e. The summed E-state index contributed by atoms with van der Waals surface area (Å²) in [4.78, 5) is 17.6. The van der Waals surface area contributed by atoms with Gasteiger partial charge >= 0.3 is 0 Å². The number of rotatable bonds is 13. The topological polar surface area (TPSA) is 214 Å². The number of hydrogen-bond donors (Lipinski definition) is 6. The van der Waals surface area contributed by atoms with Crippen molar-refractivity contribution in [2.45, 2.75) is 141 Å². The highest BCUT2D eigenvalue weighted by Gasteiger charge is 2.25. The Morgan fingerprint density at radius 1 is 0.575 bits per heavy atom. The lowest BCUT2D eigenvalue weighted by atomic mass is 10.1. The predicted octanol–water partition coefficient (Wildman–Crippen LogP) is 14.4. The van der Waals surface area contributed by atoms with E-state index >= 15 is 0 Å². The van der Waals surface area contributed by atoms with Gasteiger partial charge in [-0.15, -0.1) is 34.0 Å². The van der Waals surface area contributed by atoms with Gasteiger partial charge in [0.05, 0.1) is 85.9 Å². The number of hydrogen-bond acceptors (Lipinski definition) is 18. The number of nitrogens with one attached hydrogen (secondary N) is 5. The van der Waals surface area contributed by atoms with Gasteiger partial charge in [-0.05, 0) is 164 Å². The molecule has 4 fully saturated rings. The Kier molecular flexibility index (Phi) is 17.4. The maximum atomic E-state index is 6.01. The molecule has 9 aromatic rings. The number of aromatic amines is 1. The number of nitrogens with zero attached hydrogens (tertiary/aromatic N) is 8. The van der Waals surface area contributed by atoms with Gasteiger partial charge in [-0.25, -0.2) is 24.3 Å². The molecule has 0 radical (unpaired) electrons. The van der Waals surface area contributed by atoms with Crippen LogP contribution < -0.4 is 27.0 Å². The Morgan fingerprint density at radius 2 is 1.07 bits per heavy atom. The maximum Gasteiger partial charge on any atom is 0.150 e. The second-order valence-corrected chi connectivity index (χ2v) is 26.8. The van der Waals surface area contributed by atoms with Crippen LogP contribution in [0.4, 0.5) is 28.8 Å². The third-order valence-corrected chi connectivity index (χ3v) is 18.4. The lowest BCUT2D eigenvalue weighted by molar-refractivity contribution is -0.0384. The first-order chi connectivity index (χ1) is 38.7. The Labute approximate surface area is 487 Å². The fraction of sp³-hybridized carbons (Fsp3) is 0.483. The summed E-state index contributed by atoms with van der Waals surface area (Å²) in [5, 5.41) is 30.2. The number of thiophene rings is 3. The van der Waals surface area contributed by atoms with E-state index in [0.717, 1.165) is 181 Å². The summed E-state index contributed by atoms with van der Waals surface area (Å²) >= 11 is 8.88. The molecule has 7 N–H and O–H groups in total. The molecule has 0 saturated carbocycles. The van der Waals surface area contributed by atoms with E-state index < -0.39 is 0 Å². The summed E-state index contributed by atoms with van der Waals surface area (Å²) in [6.45, 7) is 17.8. The number of halogens is 1. The minimum absolute atomic E-state index is 0.0159. The minimum Gasteiger partial charge on any atom is -0.384 e. The van der Waals surface area contributed by atoms with Crippen LogP contribution in [-0.4, -0.2) is 108 Å². The van der Waals surface area contributed by atoms with Gasteiger partial charge < -0.3 is 45.9 Å². The summed E-state index contributed by atoms with van der Waals surface area (Å²) in [7, 11) is 0. The number of anilines is 5. The number of pyridine rings is 3. The molecule has 0 aliphatic carbocycles. The Hall–Kier alpha value is -5.72. The second kappa shape index (κ2) is 24.8. The monoisotopic (exact) mass is 1200 g/mol. The van der Waals surface area contributed by atoms with Crippen LogP contribution in [0.3, 0.4) is 0 Å². The van der Waals surface area contributed by atoms with Crippen LogP contribution in [0.5, 0.6) is 0 Å². The van der Waals surface area contributed by atoms with E-state index in [4.69, 9.17) is 34.6 Å². The molecule has 9 aromatic heterocycles. The first-order valence-electron chi connectivity index (χ1n) is 28.0. The molecule has 4 saturated heterocycles. The highest BCUT2D eigenvalue weighted by atomic mass is 79.9. The van der Waals surface area contributed by atoms with Crippen molar-refractivity contribution >= 4 is 109 Å². The van der Waals surface area contributed by atoms with Crippen LogP contribution >= 0.6 is 49.9 Å². The molecular weight excluding hydrogens is 1130 g/mol. The molecule has 4 aliphatic rings. The largest absolute Gasteiger partial charge is 0.384 e. The van der Waals surface area contributed by atoms with Crippen molar-refractivity contribution in [3.05, 3.63) is 77.7 Å². The van der Waals surface area contributed by atoms with Crippen molar-refractivity contribution in [3.63, 3.8) is 0 Å². The van der Waals surface area contributed by atoms with Crippen molar-refractivity contribution in [2.24, 2.45) is 0 Å². The Morgan fingerprint density at radius 3 is 1.59 bits per heavy atom. The molecule has 0 amide bonds. The Bertz CT molecular complexity index is 3480. The fourth-order valence-electron chi connectivity index (χ4n) is 10.4. The molecule has 4 atom stereocenters. The third-order valence-electron chi connectivity index (χ3n) is 14.0. The van der Waals surface area contributed by atoms with Gasteiger partial charge in [0.15, 0.2) is 12.5 Å². The first-order valence-corrected chi connectivity index (χ1v) is 31.2. The summed E-state index contributed by atoms with van der Waals surface area (Å²) in [5.41, 5.74) is 14.0. The number of nitrogen functional groups attached to an aromatic ring is 1. The summed E-state index contributed by atoms with van der Waals surface area (Å²) < 4.78 is 32.0. The third kappa shape index (κ3) is 13.8. The van der Waals surface area contributed by atoms with E-state index in [9.17, 15) is 0 Å². The summed E-state index contributed by atoms with van der Waals surface area (Å²) in [6.07, 6.45) is 17.3. The number of nitrogens with two attached hydrogens (primary N) is 1. The average Bonchev–Trinajstić information content (AvgIpc) is 4.49. The lowest BCUT2D eigenvalue weighted by Gasteiger charge is -2.24. The molecule has 0 spiro atoms. The minimum atomic E-state index is -0.0672. The zero-order valence-electron chi connectivity index (χ0n) is 46.4. The first kappa shape index (κ1) is 56.2. The van der Waals surface area contributed by atoms with Crippen LogP contribution in [0.2, 0.25) is 0 Å². The van der Waals surface area contributed by atoms with Gasteiger partial charge in [-0.2, -0.15) is 15.3 Å². The molecule has 80 heavy (non-hydrogen) atoms. The number of fused-ring (bicyclic) bond motifs is 3. The molecule has 424 valence electrons. The molecule has 4 aliphatic heterocycles. The zero-order valence-corrected chi connectivity index (χ0v) is 50.5. The van der Waals surface area contributed by atoms with Crippen molar-refractivity contribution in [1.29, 1.82) is 0 Å². The van der Waals surface area contributed by atoms with E-state index in [1.165, 1.54) is 12.8 Å². The van der Waals surface area contributed by atoms with Crippen molar-refractivity contribution in [1.82, 2.24) is 44.7 Å². The van der Waals surface area contributed by atoms with Crippen LogP contribution in [0.25, 0.3) is 62.4 Å². The van der Waals surface area contributed by atoms with Gasteiger partial charge in [0, 0.05) is 85.8 Å². The van der Waals surface area contributed by atoms with Crippen LogP contribution in [0.1, 0.15) is 118 Å². The van der Waals surface area contributed by atoms with Crippen molar-refractivity contribution < 1.29 is 18.9 Å². The molecule has 13 heterocycles. The quantitative estimate of drug-likeness (QED) is 0.0633. The Balaban J connectivity index is 0.000000129. The van der Waals surface area contributed by atoms with Crippen molar-refractivity contribution in [2.75, 3.05) is 66.5 Å². The molecule has 18 nitrogen and oxygen atoms in total. The number of ether oxygens (including phenoxy) is 4. The van der Waals surface area contributed by atoms with Crippen LogP contribution in [-0.2, 0) is 18.9 Å². The van der Waals surface area contributed by atoms with Gasteiger partial charge in [0.1, 0.15) is 17.5 Å². The van der Waals surface area contributed by atoms with Gasteiger partial charge in [-0.1, -0.05) is 0 Å². The van der Waals surface area contributed by atoms with Gasteiger partial charge in [-0.3, -0.25) is 5.10 Å². The van der Waals surface area contributed by atoms with E-state index in [2.05, 4.69) is 141 Å². The summed E-state index contributed by atoms with van der Waals surface area (Å²) in [5.74, 6) is 2.29. The molecule has 13 rings (SSSR count). The average molecular weight is 1210 g/mol. The number of H-pyrrole nitrogens is 1. The SMILES string of the molecule is CC(C)(C)Nc1cc(Br)c2sc(-c3ccnn3C3CCCCO3)cc2n1.CC(C)(C)Nc1cc(NC[C@@H]2CCCO2)c2sc(-c3ccnn3C3CCCCO3)cc2n1.Nc1cc(NC[C@@H]2CCCO2)c2sc(-c3ccn[nH]3)cc2n1. The highest BCUT2D eigenvalue weighted by molar-refractivity contribution is 9.10. The molecule has 0 bridgehead atoms. The van der Waals surface area contributed by atoms with Gasteiger partial charge in [0.2, 0.25) is 0 Å². The number of aromatic nitrogens is 9. The molecule has 2 unspecified atom stereocenters. The zero-order chi connectivity index (χ0) is 55.4. The van der Waals surface area contributed by atoms with Crippen molar-refractivity contribution in [3.8, 4) is 31.7 Å². The van der Waals surface area contributed by atoms with Gasteiger partial charge in [0.25, 0.3) is 0 Å². The molecule has 22 heteroatoms. The van der Waals surface area contributed by atoms with E-state index in [1.54, 1.807) is 40.2 Å². The van der Waals surface area contributed by atoms with E-state index in [1.807, 2.05) is 40.0 Å².